The fourth-order valence-corrected chi connectivity index (χ4v) is 2.33. The largest absolute Gasteiger partial charge is 0.457 e. The first-order valence-electron chi connectivity index (χ1n) is 7.76. The van der Waals surface area contributed by atoms with Gasteiger partial charge in [0.15, 0.2) is 0 Å². The van der Waals surface area contributed by atoms with Crippen molar-refractivity contribution >= 4 is 29.2 Å². The number of carbonyl (C=O) groups is 3. The summed E-state index contributed by atoms with van der Waals surface area (Å²) in [6.45, 7) is 4.82. The maximum Gasteiger partial charge on any atom is 0.338 e. The van der Waals surface area contributed by atoms with Crippen LogP contribution in [0, 0.1) is 6.92 Å². The Balaban J connectivity index is 2.18. The average molecular weight is 340 g/mol. The number of nitrogens with one attached hydrogen (secondary N) is 2. The predicted molar refractivity (Wildman–Crippen MR) is 95.3 cm³/mol. The fourth-order valence-electron chi connectivity index (χ4n) is 2.33. The predicted octanol–water partition coefficient (Wildman–Crippen LogP) is 3.27. The van der Waals surface area contributed by atoms with Crippen LogP contribution in [0.4, 0.5) is 11.4 Å². The van der Waals surface area contributed by atoms with Crippen LogP contribution in [0.25, 0.3) is 0 Å². The minimum atomic E-state index is -0.541. The van der Waals surface area contributed by atoms with Gasteiger partial charge in [0.1, 0.15) is 6.61 Å². The molecule has 0 radical (unpaired) electrons. The zero-order valence-electron chi connectivity index (χ0n) is 14.4. The molecule has 0 heterocycles. The van der Waals surface area contributed by atoms with Crippen molar-refractivity contribution in [1.82, 2.24) is 0 Å². The standard InChI is InChI=1S/C19H20N2O4/c1-12-5-4-6-15(7-12)11-25-19(24)16-8-17(20-13(2)22)10-18(9-16)21-14(3)23/h4-10H,11H2,1-3H3,(H,20,22)(H,21,23). The second-order valence-electron chi connectivity index (χ2n) is 5.73. The van der Waals surface area contributed by atoms with Crippen LogP contribution >= 0.6 is 0 Å². The summed E-state index contributed by atoms with van der Waals surface area (Å²) in [7, 11) is 0. The average Bonchev–Trinajstić information content (AvgIpc) is 2.51. The number of amides is 2. The monoisotopic (exact) mass is 340 g/mol. The number of benzene rings is 2. The molecule has 0 aromatic heterocycles. The number of ether oxygens (including phenoxy) is 1. The second kappa shape index (κ2) is 8.10. The minimum Gasteiger partial charge on any atom is -0.457 e. The van der Waals surface area contributed by atoms with Crippen molar-refractivity contribution < 1.29 is 19.1 Å². The normalized spacial score (nSPS) is 10.0. The molecule has 6 nitrogen and oxygen atoms in total. The van der Waals surface area contributed by atoms with E-state index in [1.807, 2.05) is 31.2 Å². The van der Waals surface area contributed by atoms with Gasteiger partial charge in [-0.05, 0) is 30.7 Å². The van der Waals surface area contributed by atoms with E-state index in [0.29, 0.717) is 11.4 Å². The molecule has 2 N–H and O–H groups in total. The van der Waals surface area contributed by atoms with Crippen LogP contribution in [0.2, 0.25) is 0 Å². The molecule has 6 heteroatoms. The van der Waals surface area contributed by atoms with Crippen molar-refractivity contribution in [2.75, 3.05) is 10.6 Å². The number of anilines is 2. The zero-order chi connectivity index (χ0) is 18.4. The lowest BCUT2D eigenvalue weighted by Crippen LogP contribution is -2.12. The number of esters is 1. The van der Waals surface area contributed by atoms with Gasteiger partial charge in [-0.2, -0.15) is 0 Å². The van der Waals surface area contributed by atoms with Crippen LogP contribution in [0.15, 0.2) is 42.5 Å². The third-order valence-electron chi connectivity index (χ3n) is 3.26. The second-order valence-corrected chi connectivity index (χ2v) is 5.73. The van der Waals surface area contributed by atoms with E-state index >= 15 is 0 Å². The van der Waals surface area contributed by atoms with Gasteiger partial charge in [0.2, 0.25) is 11.8 Å². The van der Waals surface area contributed by atoms with E-state index in [1.165, 1.54) is 26.0 Å². The molecule has 0 aliphatic heterocycles. The molecule has 0 saturated heterocycles. The number of carbonyl (C=O) groups excluding carboxylic acids is 3. The number of hydrogen-bond acceptors (Lipinski definition) is 4. The van der Waals surface area contributed by atoms with Gasteiger partial charge in [0, 0.05) is 25.2 Å². The van der Waals surface area contributed by atoms with Crippen LogP contribution in [-0.4, -0.2) is 17.8 Å². The third-order valence-corrected chi connectivity index (χ3v) is 3.26. The highest BCUT2D eigenvalue weighted by atomic mass is 16.5. The smallest absolute Gasteiger partial charge is 0.338 e. The summed E-state index contributed by atoms with van der Waals surface area (Å²) in [5.74, 6) is -1.10. The Hall–Kier alpha value is -3.15. The lowest BCUT2D eigenvalue weighted by molar-refractivity contribution is -0.115. The summed E-state index contributed by atoms with van der Waals surface area (Å²) >= 11 is 0. The lowest BCUT2D eigenvalue weighted by atomic mass is 10.1. The summed E-state index contributed by atoms with van der Waals surface area (Å²) in [5.41, 5.74) is 3.01. The van der Waals surface area contributed by atoms with Gasteiger partial charge < -0.3 is 15.4 Å². The molecule has 0 saturated carbocycles. The number of aryl methyl sites for hydroxylation is 1. The first-order chi connectivity index (χ1) is 11.8. The van der Waals surface area contributed by atoms with Crippen LogP contribution in [0.3, 0.4) is 0 Å². The van der Waals surface area contributed by atoms with Crippen LogP contribution < -0.4 is 10.6 Å². The Morgan fingerprint density at radius 3 is 2.04 bits per heavy atom. The first kappa shape index (κ1) is 18.2. The summed E-state index contributed by atoms with van der Waals surface area (Å²) in [6.07, 6.45) is 0. The molecule has 0 atom stereocenters. The maximum absolute atomic E-state index is 12.3. The van der Waals surface area contributed by atoms with Crippen LogP contribution in [0.1, 0.15) is 35.3 Å². The Morgan fingerprint density at radius 1 is 0.920 bits per heavy atom. The lowest BCUT2D eigenvalue weighted by Gasteiger charge is -2.11. The molecule has 2 amide bonds. The van der Waals surface area contributed by atoms with E-state index in [-0.39, 0.29) is 24.0 Å². The number of rotatable bonds is 5. The van der Waals surface area contributed by atoms with Crippen LogP contribution in [0.5, 0.6) is 0 Å². The Kier molecular flexibility index (Phi) is 5.89. The van der Waals surface area contributed by atoms with Crippen molar-refractivity contribution in [3.8, 4) is 0 Å². The van der Waals surface area contributed by atoms with E-state index in [0.717, 1.165) is 11.1 Å². The molecule has 0 aliphatic carbocycles. The number of hydrogen-bond donors (Lipinski definition) is 2. The molecular weight excluding hydrogens is 320 g/mol. The summed E-state index contributed by atoms with van der Waals surface area (Å²) in [6, 6.07) is 12.2. The maximum atomic E-state index is 12.3. The molecule has 0 aliphatic rings. The highest BCUT2D eigenvalue weighted by Gasteiger charge is 2.12. The van der Waals surface area contributed by atoms with E-state index in [4.69, 9.17) is 4.74 Å². The molecule has 130 valence electrons. The highest BCUT2D eigenvalue weighted by Crippen LogP contribution is 2.20. The van der Waals surface area contributed by atoms with Gasteiger partial charge in [0.05, 0.1) is 5.56 Å². The molecule has 2 aromatic carbocycles. The molecule has 2 rings (SSSR count). The molecule has 0 unspecified atom stereocenters. The minimum absolute atomic E-state index is 0.139. The van der Waals surface area contributed by atoms with Gasteiger partial charge in [-0.3, -0.25) is 9.59 Å². The van der Waals surface area contributed by atoms with Crippen molar-refractivity contribution in [2.24, 2.45) is 0 Å². The van der Waals surface area contributed by atoms with E-state index in [2.05, 4.69) is 10.6 Å². The van der Waals surface area contributed by atoms with E-state index in [9.17, 15) is 14.4 Å². The SMILES string of the molecule is CC(=O)Nc1cc(NC(C)=O)cc(C(=O)OCc2cccc(C)c2)c1. The molecule has 0 fully saturated rings. The summed E-state index contributed by atoms with van der Waals surface area (Å²) in [4.78, 5) is 34.8. The van der Waals surface area contributed by atoms with Crippen LogP contribution in [-0.2, 0) is 20.9 Å². The van der Waals surface area contributed by atoms with Crippen molar-refractivity contribution in [2.45, 2.75) is 27.4 Å². The van der Waals surface area contributed by atoms with E-state index < -0.39 is 5.97 Å². The Morgan fingerprint density at radius 2 is 1.52 bits per heavy atom. The Labute approximate surface area is 146 Å². The fraction of sp³-hybridized carbons (Fsp3) is 0.211. The van der Waals surface area contributed by atoms with Crippen molar-refractivity contribution in [3.05, 3.63) is 59.2 Å². The van der Waals surface area contributed by atoms with Crippen molar-refractivity contribution in [1.29, 1.82) is 0 Å². The third kappa shape index (κ3) is 5.76. The summed E-state index contributed by atoms with van der Waals surface area (Å²) < 4.78 is 5.32. The van der Waals surface area contributed by atoms with Gasteiger partial charge in [-0.25, -0.2) is 4.79 Å². The first-order valence-corrected chi connectivity index (χ1v) is 7.76. The van der Waals surface area contributed by atoms with Gasteiger partial charge in [0.25, 0.3) is 0 Å². The van der Waals surface area contributed by atoms with E-state index in [1.54, 1.807) is 6.07 Å². The van der Waals surface area contributed by atoms with Gasteiger partial charge >= 0.3 is 5.97 Å². The van der Waals surface area contributed by atoms with Gasteiger partial charge in [-0.15, -0.1) is 0 Å². The molecule has 0 bridgehead atoms. The molecule has 0 spiro atoms. The highest BCUT2D eigenvalue weighted by molar-refractivity contribution is 5.97. The summed E-state index contributed by atoms with van der Waals surface area (Å²) in [5, 5.41) is 5.19. The zero-order valence-corrected chi connectivity index (χ0v) is 14.4. The topological polar surface area (TPSA) is 84.5 Å². The molecule has 25 heavy (non-hydrogen) atoms. The molecular formula is C19H20N2O4. The van der Waals surface area contributed by atoms with Gasteiger partial charge in [-0.1, -0.05) is 29.8 Å². The quantitative estimate of drug-likeness (QED) is 0.818. The molecule has 2 aromatic rings. The van der Waals surface area contributed by atoms with Crippen molar-refractivity contribution in [3.63, 3.8) is 0 Å². The Bertz CT molecular complexity index is 781.